The van der Waals surface area contributed by atoms with Crippen LogP contribution in [0.3, 0.4) is 0 Å². The second kappa shape index (κ2) is 5.95. The second-order valence-corrected chi connectivity index (χ2v) is 4.22. The van der Waals surface area contributed by atoms with Crippen LogP contribution in [0, 0.1) is 5.92 Å². The maximum Gasteiger partial charge on any atom is 0.317 e. The topological polar surface area (TPSA) is 58.4 Å². The quantitative estimate of drug-likeness (QED) is 0.739. The smallest absolute Gasteiger partial charge is 0.317 e. The van der Waals surface area contributed by atoms with Crippen LogP contribution in [0.4, 0.5) is 4.79 Å². The van der Waals surface area contributed by atoms with Crippen LogP contribution >= 0.6 is 0 Å². The van der Waals surface area contributed by atoms with Gasteiger partial charge in [-0.25, -0.2) is 4.79 Å². The summed E-state index contributed by atoms with van der Waals surface area (Å²) in [6, 6.07) is 0.276. The number of piperidine rings is 1. The molecule has 2 atom stereocenters. The third kappa shape index (κ3) is 3.09. The Hall–Kier alpha value is -0.770. The van der Waals surface area contributed by atoms with E-state index >= 15 is 0 Å². The van der Waals surface area contributed by atoms with Crippen molar-refractivity contribution in [2.45, 2.75) is 39.2 Å². The molecule has 1 heterocycles. The van der Waals surface area contributed by atoms with E-state index in [9.17, 15) is 4.79 Å². The number of hydrogen-bond acceptors (Lipinski definition) is 2. The molecule has 3 N–H and O–H groups in total. The fraction of sp³-hybridized carbons (Fsp3) is 0.909. The van der Waals surface area contributed by atoms with E-state index in [4.69, 9.17) is 5.73 Å². The van der Waals surface area contributed by atoms with Gasteiger partial charge in [-0.3, -0.25) is 0 Å². The number of amides is 2. The van der Waals surface area contributed by atoms with Gasteiger partial charge in [-0.05, 0) is 25.7 Å². The third-order valence-electron chi connectivity index (χ3n) is 3.26. The Morgan fingerprint density at radius 3 is 2.80 bits per heavy atom. The molecule has 1 aliphatic rings. The number of rotatable bonds is 3. The van der Waals surface area contributed by atoms with E-state index in [1.54, 1.807) is 0 Å². The van der Waals surface area contributed by atoms with E-state index in [2.05, 4.69) is 12.2 Å². The number of nitrogens with two attached hydrogens (primary N) is 1. The largest absolute Gasteiger partial charge is 0.338 e. The van der Waals surface area contributed by atoms with Gasteiger partial charge in [0.05, 0.1) is 0 Å². The first-order valence-electron chi connectivity index (χ1n) is 5.97. The second-order valence-electron chi connectivity index (χ2n) is 4.22. The van der Waals surface area contributed by atoms with Crippen molar-refractivity contribution >= 4 is 6.03 Å². The molecule has 1 rings (SSSR count). The van der Waals surface area contributed by atoms with Gasteiger partial charge in [-0.1, -0.05) is 13.3 Å². The number of urea groups is 1. The standard InChI is InChI=1S/C11H23N3O/c1-3-9-5-6-14(10(7-9)8-12)11(15)13-4-2/h9-10H,3-8,12H2,1-2H3,(H,13,15). The van der Waals surface area contributed by atoms with Crippen LogP contribution in [0.25, 0.3) is 0 Å². The van der Waals surface area contributed by atoms with Crippen LogP contribution in [-0.2, 0) is 0 Å². The number of carbonyl (C=O) groups is 1. The lowest BCUT2D eigenvalue weighted by Crippen LogP contribution is -2.53. The summed E-state index contributed by atoms with van der Waals surface area (Å²) >= 11 is 0. The number of hydrogen-bond donors (Lipinski definition) is 2. The number of likely N-dealkylation sites (tertiary alicyclic amines) is 1. The lowest BCUT2D eigenvalue weighted by Gasteiger charge is -2.38. The normalized spacial score (nSPS) is 26.5. The number of nitrogens with zero attached hydrogens (tertiary/aromatic N) is 1. The zero-order valence-electron chi connectivity index (χ0n) is 9.83. The van der Waals surface area contributed by atoms with E-state index in [1.807, 2.05) is 11.8 Å². The Bertz CT molecular complexity index is 208. The third-order valence-corrected chi connectivity index (χ3v) is 3.26. The summed E-state index contributed by atoms with van der Waals surface area (Å²) in [4.78, 5) is 13.6. The fourth-order valence-corrected chi connectivity index (χ4v) is 2.25. The zero-order valence-corrected chi connectivity index (χ0v) is 9.83. The van der Waals surface area contributed by atoms with Gasteiger partial charge in [0.25, 0.3) is 0 Å². The molecule has 1 aliphatic heterocycles. The molecule has 0 aromatic heterocycles. The first-order valence-corrected chi connectivity index (χ1v) is 5.97. The van der Waals surface area contributed by atoms with Crippen molar-refractivity contribution in [1.82, 2.24) is 10.2 Å². The monoisotopic (exact) mass is 213 g/mol. The highest BCUT2D eigenvalue weighted by molar-refractivity contribution is 5.74. The number of carbonyl (C=O) groups excluding carboxylic acids is 1. The Morgan fingerprint density at radius 2 is 2.27 bits per heavy atom. The first-order chi connectivity index (χ1) is 7.22. The lowest BCUT2D eigenvalue weighted by molar-refractivity contribution is 0.129. The van der Waals surface area contributed by atoms with E-state index in [0.29, 0.717) is 13.1 Å². The molecule has 0 bridgehead atoms. The van der Waals surface area contributed by atoms with Gasteiger partial charge >= 0.3 is 6.03 Å². The van der Waals surface area contributed by atoms with Gasteiger partial charge in [0.15, 0.2) is 0 Å². The van der Waals surface area contributed by atoms with Crippen LogP contribution in [0.15, 0.2) is 0 Å². The Labute approximate surface area is 92.2 Å². The average Bonchev–Trinajstić information content (AvgIpc) is 2.28. The van der Waals surface area contributed by atoms with Crippen LogP contribution in [0.2, 0.25) is 0 Å². The molecule has 1 fully saturated rings. The molecule has 15 heavy (non-hydrogen) atoms. The molecule has 1 saturated heterocycles. The summed E-state index contributed by atoms with van der Waals surface area (Å²) in [7, 11) is 0. The molecular weight excluding hydrogens is 190 g/mol. The predicted octanol–water partition coefficient (Wildman–Crippen LogP) is 1.17. The van der Waals surface area contributed by atoms with Crippen molar-refractivity contribution in [3.63, 3.8) is 0 Å². The summed E-state index contributed by atoms with van der Waals surface area (Å²) in [5.74, 6) is 0.740. The van der Waals surface area contributed by atoms with E-state index in [-0.39, 0.29) is 12.1 Å². The first kappa shape index (κ1) is 12.3. The van der Waals surface area contributed by atoms with Gasteiger partial charge in [-0.15, -0.1) is 0 Å². The van der Waals surface area contributed by atoms with E-state index in [1.165, 1.54) is 6.42 Å². The van der Waals surface area contributed by atoms with Gasteiger partial charge in [0, 0.05) is 25.7 Å². The molecule has 0 radical (unpaired) electrons. The van der Waals surface area contributed by atoms with Crippen molar-refractivity contribution < 1.29 is 4.79 Å². The average molecular weight is 213 g/mol. The minimum absolute atomic E-state index is 0.0440. The maximum atomic E-state index is 11.7. The highest BCUT2D eigenvalue weighted by atomic mass is 16.2. The van der Waals surface area contributed by atoms with Gasteiger partial charge in [0.1, 0.15) is 0 Å². The zero-order chi connectivity index (χ0) is 11.3. The maximum absolute atomic E-state index is 11.7. The van der Waals surface area contributed by atoms with Gasteiger partial charge in [0.2, 0.25) is 0 Å². The summed E-state index contributed by atoms with van der Waals surface area (Å²) < 4.78 is 0. The summed E-state index contributed by atoms with van der Waals surface area (Å²) in [6.07, 6.45) is 3.37. The fourth-order valence-electron chi connectivity index (χ4n) is 2.25. The molecule has 4 heteroatoms. The molecule has 2 amide bonds. The summed E-state index contributed by atoms with van der Waals surface area (Å²) in [5, 5.41) is 2.84. The van der Waals surface area contributed by atoms with Crippen molar-refractivity contribution in [1.29, 1.82) is 0 Å². The van der Waals surface area contributed by atoms with Crippen molar-refractivity contribution in [3.8, 4) is 0 Å². The minimum Gasteiger partial charge on any atom is -0.338 e. The summed E-state index contributed by atoms with van der Waals surface area (Å²) in [5.41, 5.74) is 5.72. The molecule has 2 unspecified atom stereocenters. The Morgan fingerprint density at radius 1 is 1.53 bits per heavy atom. The van der Waals surface area contributed by atoms with Crippen LogP contribution < -0.4 is 11.1 Å². The molecule has 0 aliphatic carbocycles. The minimum atomic E-state index is 0.0440. The SMILES string of the molecule is CCNC(=O)N1CCC(CC)CC1CN. The highest BCUT2D eigenvalue weighted by Crippen LogP contribution is 2.24. The van der Waals surface area contributed by atoms with Crippen LogP contribution in [-0.4, -0.2) is 36.6 Å². The van der Waals surface area contributed by atoms with Gasteiger partial charge < -0.3 is 16.0 Å². The molecule has 4 nitrogen and oxygen atoms in total. The van der Waals surface area contributed by atoms with E-state index < -0.39 is 0 Å². The van der Waals surface area contributed by atoms with Crippen LogP contribution in [0.5, 0.6) is 0 Å². The number of nitrogens with one attached hydrogen (secondary N) is 1. The molecular formula is C11H23N3O. The van der Waals surface area contributed by atoms with Crippen molar-refractivity contribution in [3.05, 3.63) is 0 Å². The Kier molecular flexibility index (Phi) is 4.88. The van der Waals surface area contributed by atoms with Crippen molar-refractivity contribution in [2.24, 2.45) is 11.7 Å². The van der Waals surface area contributed by atoms with Crippen molar-refractivity contribution in [2.75, 3.05) is 19.6 Å². The molecule has 0 spiro atoms. The van der Waals surface area contributed by atoms with Crippen LogP contribution in [0.1, 0.15) is 33.1 Å². The summed E-state index contributed by atoms with van der Waals surface area (Å²) in [6.45, 7) is 6.26. The lowest BCUT2D eigenvalue weighted by atomic mass is 9.89. The highest BCUT2D eigenvalue weighted by Gasteiger charge is 2.29. The molecule has 88 valence electrons. The van der Waals surface area contributed by atoms with Gasteiger partial charge in [-0.2, -0.15) is 0 Å². The predicted molar refractivity (Wildman–Crippen MR) is 61.6 cm³/mol. The molecule has 0 aromatic rings. The molecule has 0 saturated carbocycles. The molecule has 0 aromatic carbocycles. The van der Waals surface area contributed by atoms with E-state index in [0.717, 1.165) is 25.3 Å². The Balaban J connectivity index is 2.53.